The van der Waals surface area contributed by atoms with Crippen LogP contribution in [-0.4, -0.2) is 62.3 Å². The van der Waals surface area contributed by atoms with Crippen LogP contribution in [0.4, 0.5) is 0 Å². The number of carbonyl (C=O) groups excluding carboxylic acids is 2. The average Bonchev–Trinajstić information content (AvgIpc) is 2.95. The van der Waals surface area contributed by atoms with Gasteiger partial charge in [-0.25, -0.2) is 0 Å². The zero-order valence-corrected chi connectivity index (χ0v) is 22.3. The van der Waals surface area contributed by atoms with Crippen molar-refractivity contribution in [1.29, 1.82) is 0 Å². The second-order valence-electron chi connectivity index (χ2n) is 8.62. The van der Waals surface area contributed by atoms with Gasteiger partial charge in [0.05, 0.1) is 28.4 Å². The number of carboxylic acid groups (broad SMARTS) is 1. The summed E-state index contributed by atoms with van der Waals surface area (Å²) in [4.78, 5) is 38.8. The highest BCUT2D eigenvalue weighted by Crippen LogP contribution is 2.38. The maximum absolute atomic E-state index is 13.8. The van der Waals surface area contributed by atoms with Crippen LogP contribution in [0.1, 0.15) is 28.8 Å². The lowest BCUT2D eigenvalue weighted by Gasteiger charge is -2.30. The van der Waals surface area contributed by atoms with Crippen LogP contribution >= 0.6 is 0 Å². The highest BCUT2D eigenvalue weighted by molar-refractivity contribution is 5.97. The molecule has 0 aromatic heterocycles. The summed E-state index contributed by atoms with van der Waals surface area (Å²) in [7, 11) is 6.00. The summed E-state index contributed by atoms with van der Waals surface area (Å²) in [5.41, 5.74) is 8.35. The number of aliphatic carboxylic acids is 1. The minimum atomic E-state index is -1.17. The molecule has 0 aliphatic heterocycles. The van der Waals surface area contributed by atoms with Gasteiger partial charge in [-0.3, -0.25) is 14.4 Å². The lowest BCUT2D eigenvalue weighted by Crippen LogP contribution is -2.47. The first-order valence-electron chi connectivity index (χ1n) is 12.1. The minimum absolute atomic E-state index is 0.0665. The van der Waals surface area contributed by atoms with E-state index in [0.29, 0.717) is 28.4 Å². The number of nitrogens with zero attached hydrogens (tertiary/aromatic N) is 1. The SMILES string of the molecule is COc1ccc(-c2ccc(C(=O)N(Cc3cc(OC)c(OC)c(OC)c3)[C@@H](CCC(=O)O)C(N)=O)cc2)cc1. The van der Waals surface area contributed by atoms with Gasteiger partial charge in [0.2, 0.25) is 11.7 Å². The van der Waals surface area contributed by atoms with Crippen molar-refractivity contribution in [3.05, 3.63) is 71.8 Å². The molecule has 0 spiro atoms. The van der Waals surface area contributed by atoms with Gasteiger partial charge in [-0.05, 0) is 59.5 Å². The van der Waals surface area contributed by atoms with Crippen LogP contribution in [0.25, 0.3) is 11.1 Å². The molecule has 3 N–H and O–H groups in total. The number of hydrogen-bond donors (Lipinski definition) is 2. The summed E-state index contributed by atoms with van der Waals surface area (Å²) in [5.74, 6) is -0.579. The first kappa shape index (κ1) is 28.8. The normalized spacial score (nSPS) is 11.3. The van der Waals surface area contributed by atoms with Crippen LogP contribution in [0.2, 0.25) is 0 Å². The predicted octanol–water partition coefficient (Wildman–Crippen LogP) is 3.75. The number of primary amides is 1. The molecule has 0 saturated heterocycles. The molecule has 0 saturated carbocycles. The molecule has 2 amide bonds. The topological polar surface area (TPSA) is 138 Å². The summed E-state index contributed by atoms with van der Waals surface area (Å²) in [5, 5.41) is 9.23. The van der Waals surface area contributed by atoms with Gasteiger partial charge in [-0.15, -0.1) is 0 Å². The third-order valence-electron chi connectivity index (χ3n) is 6.23. The van der Waals surface area contributed by atoms with Gasteiger partial charge in [0.1, 0.15) is 11.8 Å². The van der Waals surface area contributed by atoms with E-state index in [2.05, 4.69) is 0 Å². The molecular weight excluding hydrogens is 504 g/mol. The monoisotopic (exact) mass is 536 g/mol. The Morgan fingerprint density at radius 3 is 1.79 bits per heavy atom. The van der Waals surface area contributed by atoms with Gasteiger partial charge in [0.15, 0.2) is 11.5 Å². The van der Waals surface area contributed by atoms with E-state index in [-0.39, 0.29) is 19.4 Å². The number of methoxy groups -OCH3 is 4. The van der Waals surface area contributed by atoms with Crippen LogP contribution in [0.5, 0.6) is 23.0 Å². The highest BCUT2D eigenvalue weighted by Gasteiger charge is 2.30. The largest absolute Gasteiger partial charge is 0.497 e. The van der Waals surface area contributed by atoms with E-state index in [4.69, 9.17) is 24.7 Å². The van der Waals surface area contributed by atoms with E-state index in [0.717, 1.165) is 16.9 Å². The smallest absolute Gasteiger partial charge is 0.303 e. The fraction of sp³-hybridized carbons (Fsp3) is 0.276. The molecule has 0 aliphatic rings. The Kier molecular flexibility index (Phi) is 9.75. The molecular formula is C29H32N2O8. The maximum atomic E-state index is 13.8. The van der Waals surface area contributed by atoms with Crippen LogP contribution in [-0.2, 0) is 16.1 Å². The molecule has 0 aliphatic carbocycles. The molecule has 1 atom stereocenters. The van der Waals surface area contributed by atoms with Gasteiger partial charge in [0.25, 0.3) is 5.91 Å². The molecule has 10 nitrogen and oxygen atoms in total. The van der Waals surface area contributed by atoms with Gasteiger partial charge >= 0.3 is 5.97 Å². The lowest BCUT2D eigenvalue weighted by molar-refractivity contribution is -0.137. The number of amides is 2. The fourth-order valence-electron chi connectivity index (χ4n) is 4.21. The van der Waals surface area contributed by atoms with Crippen molar-refractivity contribution in [2.75, 3.05) is 28.4 Å². The number of nitrogens with two attached hydrogens (primary N) is 1. The third kappa shape index (κ3) is 6.98. The molecule has 0 fully saturated rings. The Bertz CT molecular complexity index is 1280. The number of benzene rings is 3. The maximum Gasteiger partial charge on any atom is 0.303 e. The lowest BCUT2D eigenvalue weighted by atomic mass is 10.0. The molecule has 0 bridgehead atoms. The third-order valence-corrected chi connectivity index (χ3v) is 6.23. The van der Waals surface area contributed by atoms with Gasteiger partial charge in [-0.1, -0.05) is 24.3 Å². The Balaban J connectivity index is 2.00. The molecule has 3 rings (SSSR count). The molecule has 0 radical (unpaired) electrons. The number of hydrogen-bond acceptors (Lipinski definition) is 7. The standard InChI is InChI=1S/C29H32N2O8/c1-36-22-11-9-20(10-12-22)19-5-7-21(8-6-19)29(35)31(23(28(30)34)13-14-26(32)33)17-18-15-24(37-2)27(39-4)25(16-18)38-3/h5-12,15-16,23H,13-14,17H2,1-4H3,(H2,30,34)(H,32,33)/t23-/m0/s1. The quantitative estimate of drug-likeness (QED) is 0.337. The summed E-state index contributed by atoms with van der Waals surface area (Å²) in [6, 6.07) is 16.5. The van der Waals surface area contributed by atoms with Crippen molar-refractivity contribution >= 4 is 17.8 Å². The molecule has 0 heterocycles. The van der Waals surface area contributed by atoms with E-state index in [1.165, 1.54) is 26.2 Å². The second kappa shape index (κ2) is 13.2. The van der Waals surface area contributed by atoms with E-state index in [9.17, 15) is 19.5 Å². The molecule has 3 aromatic carbocycles. The van der Waals surface area contributed by atoms with Gasteiger partial charge in [0, 0.05) is 18.5 Å². The minimum Gasteiger partial charge on any atom is -0.497 e. The highest BCUT2D eigenvalue weighted by atomic mass is 16.5. The van der Waals surface area contributed by atoms with Crippen molar-refractivity contribution in [3.63, 3.8) is 0 Å². The van der Waals surface area contributed by atoms with Crippen molar-refractivity contribution in [2.24, 2.45) is 5.73 Å². The second-order valence-corrected chi connectivity index (χ2v) is 8.62. The first-order valence-corrected chi connectivity index (χ1v) is 12.1. The summed E-state index contributed by atoms with van der Waals surface area (Å²) < 4.78 is 21.4. The van der Waals surface area contributed by atoms with Crippen molar-refractivity contribution < 1.29 is 38.4 Å². The Morgan fingerprint density at radius 2 is 1.36 bits per heavy atom. The number of rotatable bonds is 13. The van der Waals surface area contributed by atoms with Crippen molar-refractivity contribution in [3.8, 4) is 34.1 Å². The zero-order chi connectivity index (χ0) is 28.5. The van der Waals surface area contributed by atoms with E-state index >= 15 is 0 Å². The van der Waals surface area contributed by atoms with Crippen LogP contribution in [0.15, 0.2) is 60.7 Å². The molecule has 10 heteroatoms. The summed E-state index contributed by atoms with van der Waals surface area (Å²) in [6.07, 6.45) is -0.492. The number of carboxylic acids is 1. The Morgan fingerprint density at radius 1 is 0.821 bits per heavy atom. The van der Waals surface area contributed by atoms with Crippen LogP contribution in [0, 0.1) is 0 Å². The van der Waals surface area contributed by atoms with Crippen molar-refractivity contribution in [2.45, 2.75) is 25.4 Å². The first-order chi connectivity index (χ1) is 18.7. The van der Waals surface area contributed by atoms with Gasteiger partial charge < -0.3 is 34.7 Å². The molecule has 0 unspecified atom stereocenters. The molecule has 39 heavy (non-hydrogen) atoms. The van der Waals surface area contributed by atoms with Gasteiger partial charge in [-0.2, -0.15) is 0 Å². The Labute approximate surface area is 226 Å². The zero-order valence-electron chi connectivity index (χ0n) is 22.3. The number of ether oxygens (including phenoxy) is 4. The summed E-state index contributed by atoms with van der Waals surface area (Å²) in [6.45, 7) is -0.0665. The number of carbonyl (C=O) groups is 3. The molecule has 3 aromatic rings. The fourth-order valence-corrected chi connectivity index (χ4v) is 4.21. The summed E-state index contributed by atoms with van der Waals surface area (Å²) >= 11 is 0. The predicted molar refractivity (Wildman–Crippen MR) is 144 cm³/mol. The van der Waals surface area contributed by atoms with E-state index < -0.39 is 23.8 Å². The van der Waals surface area contributed by atoms with Crippen LogP contribution < -0.4 is 24.7 Å². The molecule has 206 valence electrons. The van der Waals surface area contributed by atoms with Crippen molar-refractivity contribution in [1.82, 2.24) is 4.90 Å². The average molecular weight is 537 g/mol. The Hall–Kier alpha value is -4.73. The van der Waals surface area contributed by atoms with Crippen LogP contribution in [0.3, 0.4) is 0 Å². The van der Waals surface area contributed by atoms with E-state index in [1.807, 2.05) is 24.3 Å². The van der Waals surface area contributed by atoms with E-state index in [1.54, 1.807) is 43.5 Å².